The first-order valence-electron chi connectivity index (χ1n) is 8.03. The minimum Gasteiger partial charge on any atom is -0.373 e. The van der Waals surface area contributed by atoms with Gasteiger partial charge in [0.25, 0.3) is 0 Å². The molecule has 0 amide bonds. The smallest absolute Gasteiger partial charge is 0.211 e. The van der Waals surface area contributed by atoms with E-state index in [0.29, 0.717) is 37.3 Å². The maximum Gasteiger partial charge on any atom is 0.211 e. The Morgan fingerprint density at radius 1 is 1.36 bits per heavy atom. The highest BCUT2D eigenvalue weighted by Crippen LogP contribution is 2.34. The third kappa shape index (κ3) is 3.55. The lowest BCUT2D eigenvalue weighted by molar-refractivity contribution is 0.0992. The molecule has 3 fully saturated rings. The van der Waals surface area contributed by atoms with Gasteiger partial charge in [-0.1, -0.05) is 0 Å². The number of fused-ring (bicyclic) bond motifs is 2. The SMILES string of the molecule is CN=C(NCC1CCN(S(C)(=O)=O)C1)NC1CC2CCC1O2. The van der Waals surface area contributed by atoms with Gasteiger partial charge in [-0.3, -0.25) is 4.99 Å². The molecule has 7 nitrogen and oxygen atoms in total. The molecular weight excluding hydrogens is 304 g/mol. The zero-order valence-corrected chi connectivity index (χ0v) is 14.1. The molecule has 3 heterocycles. The van der Waals surface area contributed by atoms with Crippen LogP contribution in [0.25, 0.3) is 0 Å². The Morgan fingerprint density at radius 3 is 2.73 bits per heavy atom. The van der Waals surface area contributed by atoms with Gasteiger partial charge in [0, 0.05) is 26.7 Å². The Hall–Kier alpha value is -0.860. The lowest BCUT2D eigenvalue weighted by Gasteiger charge is -2.23. The molecule has 3 rings (SSSR count). The van der Waals surface area contributed by atoms with Gasteiger partial charge in [-0.2, -0.15) is 0 Å². The van der Waals surface area contributed by atoms with E-state index in [1.165, 1.54) is 12.7 Å². The summed E-state index contributed by atoms with van der Waals surface area (Å²) in [5.74, 6) is 1.13. The fraction of sp³-hybridized carbons (Fsp3) is 0.929. The van der Waals surface area contributed by atoms with Gasteiger partial charge in [-0.05, 0) is 31.6 Å². The first-order valence-corrected chi connectivity index (χ1v) is 9.88. The van der Waals surface area contributed by atoms with E-state index in [1.54, 1.807) is 11.4 Å². The second-order valence-electron chi connectivity index (χ2n) is 6.59. The van der Waals surface area contributed by atoms with Crippen LogP contribution in [0, 0.1) is 5.92 Å². The van der Waals surface area contributed by atoms with Gasteiger partial charge in [0.05, 0.1) is 24.5 Å². The van der Waals surface area contributed by atoms with Crippen LogP contribution in [0.5, 0.6) is 0 Å². The molecular formula is C14H26N4O3S. The van der Waals surface area contributed by atoms with Gasteiger partial charge in [0.1, 0.15) is 0 Å². The maximum atomic E-state index is 11.5. The highest BCUT2D eigenvalue weighted by molar-refractivity contribution is 7.88. The first-order chi connectivity index (χ1) is 10.5. The van der Waals surface area contributed by atoms with E-state index in [2.05, 4.69) is 15.6 Å². The summed E-state index contributed by atoms with van der Waals surface area (Å²) in [6, 6.07) is 0.348. The van der Waals surface area contributed by atoms with E-state index in [9.17, 15) is 8.42 Å². The Kier molecular flexibility index (Phi) is 4.61. The normalized spacial score (nSPS) is 36.0. The number of hydrogen-bond donors (Lipinski definition) is 2. The number of guanidine groups is 1. The van der Waals surface area contributed by atoms with Crippen molar-refractivity contribution in [3.05, 3.63) is 0 Å². The molecule has 3 saturated heterocycles. The summed E-state index contributed by atoms with van der Waals surface area (Å²) in [5, 5.41) is 6.78. The predicted octanol–water partition coefficient (Wildman–Crippen LogP) is -0.247. The van der Waals surface area contributed by atoms with Crippen molar-refractivity contribution in [2.24, 2.45) is 10.9 Å². The maximum absolute atomic E-state index is 11.5. The van der Waals surface area contributed by atoms with Crippen molar-refractivity contribution in [3.63, 3.8) is 0 Å². The van der Waals surface area contributed by atoms with Crippen molar-refractivity contribution in [1.29, 1.82) is 0 Å². The Bertz CT molecular complexity index is 536. The first kappa shape index (κ1) is 16.0. The number of aliphatic imine (C=N–C) groups is 1. The molecule has 126 valence electrons. The zero-order chi connectivity index (χ0) is 15.7. The number of sulfonamides is 1. The molecule has 0 spiro atoms. The summed E-state index contributed by atoms with van der Waals surface area (Å²) in [6.07, 6.45) is 6.27. The molecule has 22 heavy (non-hydrogen) atoms. The second kappa shape index (κ2) is 6.33. The van der Waals surface area contributed by atoms with Crippen molar-refractivity contribution in [1.82, 2.24) is 14.9 Å². The monoisotopic (exact) mass is 330 g/mol. The quantitative estimate of drug-likeness (QED) is 0.549. The van der Waals surface area contributed by atoms with Crippen molar-refractivity contribution in [2.75, 3.05) is 32.9 Å². The van der Waals surface area contributed by atoms with Crippen molar-refractivity contribution < 1.29 is 13.2 Å². The summed E-state index contributed by atoms with van der Waals surface area (Å²) in [7, 11) is -1.30. The van der Waals surface area contributed by atoms with Crippen molar-refractivity contribution >= 4 is 16.0 Å². The molecule has 0 aromatic heterocycles. The lowest BCUT2D eigenvalue weighted by atomic mass is 9.96. The summed E-state index contributed by atoms with van der Waals surface area (Å²) in [5.41, 5.74) is 0. The fourth-order valence-electron chi connectivity index (χ4n) is 3.67. The van der Waals surface area contributed by atoms with Gasteiger partial charge >= 0.3 is 0 Å². The van der Waals surface area contributed by atoms with Crippen LogP contribution in [-0.4, -0.2) is 69.9 Å². The molecule has 4 atom stereocenters. The number of nitrogens with zero attached hydrogens (tertiary/aromatic N) is 2. The van der Waals surface area contributed by atoms with Crippen molar-refractivity contribution in [3.8, 4) is 0 Å². The minimum absolute atomic E-state index is 0.316. The Morgan fingerprint density at radius 2 is 2.18 bits per heavy atom. The highest BCUT2D eigenvalue weighted by atomic mass is 32.2. The van der Waals surface area contributed by atoms with E-state index in [-0.39, 0.29) is 0 Å². The van der Waals surface area contributed by atoms with E-state index >= 15 is 0 Å². The third-order valence-corrected chi connectivity index (χ3v) is 6.20. The molecule has 0 aromatic rings. The highest BCUT2D eigenvalue weighted by Gasteiger charge is 2.41. The van der Waals surface area contributed by atoms with E-state index in [4.69, 9.17) is 4.74 Å². The van der Waals surface area contributed by atoms with Gasteiger partial charge in [-0.15, -0.1) is 0 Å². The molecule has 0 aliphatic carbocycles. The lowest BCUT2D eigenvalue weighted by Crippen LogP contribution is -2.48. The average molecular weight is 330 g/mol. The van der Waals surface area contributed by atoms with Crippen molar-refractivity contribution in [2.45, 2.75) is 43.9 Å². The van der Waals surface area contributed by atoms with Crippen LogP contribution >= 0.6 is 0 Å². The van der Waals surface area contributed by atoms with Crippen LogP contribution in [-0.2, 0) is 14.8 Å². The van der Waals surface area contributed by atoms with Gasteiger partial charge < -0.3 is 15.4 Å². The fourth-order valence-corrected chi connectivity index (χ4v) is 4.58. The van der Waals surface area contributed by atoms with Gasteiger partial charge in [0.2, 0.25) is 10.0 Å². The zero-order valence-electron chi connectivity index (χ0n) is 13.3. The molecule has 0 saturated carbocycles. The van der Waals surface area contributed by atoms with Crippen LogP contribution in [0.4, 0.5) is 0 Å². The van der Waals surface area contributed by atoms with Crippen LogP contribution < -0.4 is 10.6 Å². The second-order valence-corrected chi connectivity index (χ2v) is 8.57. The van der Waals surface area contributed by atoms with E-state index in [0.717, 1.165) is 31.8 Å². The number of hydrogen-bond acceptors (Lipinski definition) is 4. The molecule has 3 aliphatic heterocycles. The Labute approximate surface area is 132 Å². The largest absolute Gasteiger partial charge is 0.373 e. The van der Waals surface area contributed by atoms with Crippen LogP contribution in [0.1, 0.15) is 25.7 Å². The molecule has 0 radical (unpaired) electrons. The van der Waals surface area contributed by atoms with Crippen LogP contribution in [0.3, 0.4) is 0 Å². The molecule has 3 aliphatic rings. The van der Waals surface area contributed by atoms with Crippen LogP contribution in [0.15, 0.2) is 4.99 Å². The Balaban J connectivity index is 1.44. The predicted molar refractivity (Wildman–Crippen MR) is 85.3 cm³/mol. The standard InChI is InChI=1S/C14H26N4O3S/c1-15-14(17-12-7-11-3-4-13(12)21-11)16-8-10-5-6-18(9-10)22(2,19)20/h10-13H,3-9H2,1-2H3,(H2,15,16,17). The molecule has 8 heteroatoms. The molecule has 4 unspecified atom stereocenters. The van der Waals surface area contributed by atoms with E-state index < -0.39 is 10.0 Å². The number of nitrogens with one attached hydrogen (secondary N) is 2. The van der Waals surface area contributed by atoms with Crippen LogP contribution in [0.2, 0.25) is 0 Å². The molecule has 0 aromatic carbocycles. The minimum atomic E-state index is -3.06. The summed E-state index contributed by atoms with van der Waals surface area (Å²) < 4.78 is 30.5. The summed E-state index contributed by atoms with van der Waals surface area (Å²) in [6.45, 7) is 1.96. The van der Waals surface area contributed by atoms with Gasteiger partial charge in [-0.25, -0.2) is 12.7 Å². The van der Waals surface area contributed by atoms with Gasteiger partial charge in [0.15, 0.2) is 5.96 Å². The summed E-state index contributed by atoms with van der Waals surface area (Å²) in [4.78, 5) is 4.27. The number of ether oxygens (including phenoxy) is 1. The average Bonchev–Trinajstić information content (AvgIpc) is 3.18. The topological polar surface area (TPSA) is 83.0 Å². The summed E-state index contributed by atoms with van der Waals surface area (Å²) >= 11 is 0. The van der Waals surface area contributed by atoms with E-state index in [1.807, 2.05) is 0 Å². The molecule has 2 N–H and O–H groups in total. The number of rotatable bonds is 4. The third-order valence-electron chi connectivity index (χ3n) is 4.93. The molecule has 2 bridgehead atoms.